The molecule has 1 aromatic rings. The number of aliphatic carboxylic acids is 1. The first-order valence-corrected chi connectivity index (χ1v) is 5.97. The second-order valence-electron chi connectivity index (χ2n) is 4.96. The summed E-state index contributed by atoms with van der Waals surface area (Å²) in [6.07, 6.45) is 0.0871. The molecule has 1 aliphatic rings. The van der Waals surface area contributed by atoms with Crippen LogP contribution in [0, 0.1) is 19.8 Å². The van der Waals surface area contributed by atoms with E-state index in [1.165, 1.54) is 0 Å². The first-order chi connectivity index (χ1) is 8.41. The lowest BCUT2D eigenvalue weighted by Crippen LogP contribution is -2.27. The van der Waals surface area contributed by atoms with Crippen molar-refractivity contribution in [2.75, 3.05) is 7.05 Å². The average molecular weight is 247 g/mol. The van der Waals surface area contributed by atoms with Gasteiger partial charge in [-0.1, -0.05) is 23.8 Å². The number of carboxylic acid groups (broad SMARTS) is 1. The van der Waals surface area contributed by atoms with E-state index in [0.717, 1.165) is 16.7 Å². The molecule has 1 N–H and O–H groups in total. The molecule has 18 heavy (non-hydrogen) atoms. The maximum Gasteiger partial charge on any atom is 0.309 e. The number of carbonyl (C=O) groups excluding carboxylic acids is 1. The minimum atomic E-state index is -0.905. The van der Waals surface area contributed by atoms with Crippen LogP contribution in [0.15, 0.2) is 18.2 Å². The summed E-state index contributed by atoms with van der Waals surface area (Å²) in [4.78, 5) is 24.5. The molecule has 4 heteroatoms. The van der Waals surface area contributed by atoms with Gasteiger partial charge in [0.15, 0.2) is 0 Å². The van der Waals surface area contributed by atoms with Crippen LogP contribution in [0.25, 0.3) is 0 Å². The Hall–Kier alpha value is -1.84. The molecular formula is C14H17NO3. The summed E-state index contributed by atoms with van der Waals surface area (Å²) in [5.41, 5.74) is 3.10. The van der Waals surface area contributed by atoms with Crippen LogP contribution >= 0.6 is 0 Å². The molecule has 1 amide bonds. The fourth-order valence-electron chi connectivity index (χ4n) is 2.67. The van der Waals surface area contributed by atoms with E-state index in [1.54, 1.807) is 11.9 Å². The Morgan fingerprint density at radius 2 is 2.06 bits per heavy atom. The van der Waals surface area contributed by atoms with Gasteiger partial charge in [-0.2, -0.15) is 0 Å². The van der Waals surface area contributed by atoms with Crippen molar-refractivity contribution in [3.63, 3.8) is 0 Å². The fourth-order valence-corrected chi connectivity index (χ4v) is 2.67. The third kappa shape index (κ3) is 1.98. The Balaban J connectivity index is 2.46. The highest BCUT2D eigenvalue weighted by atomic mass is 16.4. The molecule has 0 saturated carbocycles. The quantitative estimate of drug-likeness (QED) is 0.868. The molecule has 2 rings (SSSR count). The minimum absolute atomic E-state index is 0.0871. The van der Waals surface area contributed by atoms with Gasteiger partial charge in [0.1, 0.15) is 0 Å². The van der Waals surface area contributed by atoms with Crippen LogP contribution in [0.5, 0.6) is 0 Å². The summed E-state index contributed by atoms with van der Waals surface area (Å²) < 4.78 is 0. The molecule has 1 saturated heterocycles. The molecule has 2 unspecified atom stereocenters. The largest absolute Gasteiger partial charge is 0.481 e. The Bertz CT molecular complexity index is 510. The van der Waals surface area contributed by atoms with Gasteiger partial charge in [-0.25, -0.2) is 0 Å². The van der Waals surface area contributed by atoms with Crippen molar-refractivity contribution in [3.05, 3.63) is 34.9 Å². The summed E-state index contributed by atoms with van der Waals surface area (Å²) in [6.45, 7) is 3.95. The topological polar surface area (TPSA) is 57.6 Å². The Morgan fingerprint density at radius 3 is 2.61 bits per heavy atom. The van der Waals surface area contributed by atoms with E-state index in [9.17, 15) is 14.7 Å². The van der Waals surface area contributed by atoms with E-state index in [1.807, 2.05) is 32.0 Å². The first kappa shape index (κ1) is 12.6. The maximum absolute atomic E-state index is 11.7. The van der Waals surface area contributed by atoms with Gasteiger partial charge >= 0.3 is 5.97 Å². The summed E-state index contributed by atoms with van der Waals surface area (Å²) in [7, 11) is 1.68. The molecule has 0 aromatic heterocycles. The number of hydrogen-bond donors (Lipinski definition) is 1. The number of carbonyl (C=O) groups is 2. The zero-order valence-corrected chi connectivity index (χ0v) is 10.8. The highest BCUT2D eigenvalue weighted by Gasteiger charge is 2.43. The molecule has 0 bridgehead atoms. The molecule has 1 aromatic carbocycles. The molecule has 1 fully saturated rings. The van der Waals surface area contributed by atoms with Gasteiger partial charge < -0.3 is 10.0 Å². The van der Waals surface area contributed by atoms with Crippen LogP contribution in [0.1, 0.15) is 29.2 Å². The molecular weight excluding hydrogens is 230 g/mol. The Labute approximate surface area is 106 Å². The van der Waals surface area contributed by atoms with Crippen LogP contribution in [0.3, 0.4) is 0 Å². The lowest BCUT2D eigenvalue weighted by Gasteiger charge is -2.25. The number of amides is 1. The monoisotopic (exact) mass is 247 g/mol. The molecule has 1 heterocycles. The number of carboxylic acids is 1. The molecule has 0 spiro atoms. The zero-order valence-electron chi connectivity index (χ0n) is 10.8. The van der Waals surface area contributed by atoms with Gasteiger partial charge in [-0.15, -0.1) is 0 Å². The maximum atomic E-state index is 11.7. The van der Waals surface area contributed by atoms with Crippen molar-refractivity contribution < 1.29 is 14.7 Å². The summed E-state index contributed by atoms with van der Waals surface area (Å²) >= 11 is 0. The standard InChI is InChI=1S/C14H17NO3/c1-8-4-5-10(9(2)6-8)13-11(14(17)18)7-12(16)15(13)3/h4-6,11,13H,7H2,1-3H3,(H,17,18). The van der Waals surface area contributed by atoms with Crippen molar-refractivity contribution in [3.8, 4) is 0 Å². The van der Waals surface area contributed by atoms with Gasteiger partial charge in [-0.3, -0.25) is 9.59 Å². The van der Waals surface area contributed by atoms with Gasteiger partial charge in [-0.05, 0) is 25.0 Å². The minimum Gasteiger partial charge on any atom is -0.481 e. The van der Waals surface area contributed by atoms with E-state index in [2.05, 4.69) is 0 Å². The Morgan fingerprint density at radius 1 is 1.39 bits per heavy atom. The first-order valence-electron chi connectivity index (χ1n) is 5.97. The van der Waals surface area contributed by atoms with Crippen LogP contribution in [0.4, 0.5) is 0 Å². The predicted octanol–water partition coefficient (Wildman–Crippen LogP) is 1.91. The van der Waals surface area contributed by atoms with Crippen molar-refractivity contribution in [1.82, 2.24) is 4.90 Å². The second kappa shape index (κ2) is 4.44. The van der Waals surface area contributed by atoms with Crippen LogP contribution in [-0.4, -0.2) is 28.9 Å². The summed E-state index contributed by atoms with van der Waals surface area (Å²) in [5.74, 6) is -1.66. The number of rotatable bonds is 2. The Kier molecular flexibility index (Phi) is 3.11. The van der Waals surface area contributed by atoms with E-state index in [4.69, 9.17) is 0 Å². The molecule has 4 nitrogen and oxygen atoms in total. The van der Waals surface area contributed by atoms with Crippen LogP contribution in [0.2, 0.25) is 0 Å². The second-order valence-corrected chi connectivity index (χ2v) is 4.96. The third-order valence-corrected chi connectivity index (χ3v) is 3.65. The van der Waals surface area contributed by atoms with Crippen molar-refractivity contribution in [2.24, 2.45) is 5.92 Å². The molecule has 0 radical (unpaired) electrons. The van der Waals surface area contributed by atoms with Crippen molar-refractivity contribution in [1.29, 1.82) is 0 Å². The van der Waals surface area contributed by atoms with Gasteiger partial charge in [0.05, 0.1) is 12.0 Å². The molecule has 1 aliphatic heterocycles. The number of benzene rings is 1. The lowest BCUT2D eigenvalue weighted by molar-refractivity contribution is -0.142. The van der Waals surface area contributed by atoms with Crippen molar-refractivity contribution >= 4 is 11.9 Å². The number of hydrogen-bond acceptors (Lipinski definition) is 2. The predicted molar refractivity (Wildman–Crippen MR) is 67.2 cm³/mol. The van der Waals surface area contributed by atoms with Gasteiger partial charge in [0, 0.05) is 13.5 Å². The van der Waals surface area contributed by atoms with E-state index in [-0.39, 0.29) is 18.4 Å². The van der Waals surface area contributed by atoms with E-state index < -0.39 is 11.9 Å². The number of aryl methyl sites for hydroxylation is 2. The third-order valence-electron chi connectivity index (χ3n) is 3.65. The smallest absolute Gasteiger partial charge is 0.309 e. The highest BCUT2D eigenvalue weighted by Crippen LogP contribution is 2.38. The fraction of sp³-hybridized carbons (Fsp3) is 0.429. The van der Waals surface area contributed by atoms with Crippen LogP contribution in [-0.2, 0) is 9.59 Å². The number of likely N-dealkylation sites (tertiary alicyclic amines) is 1. The molecule has 96 valence electrons. The molecule has 2 atom stereocenters. The molecule has 0 aliphatic carbocycles. The summed E-state index contributed by atoms with van der Waals surface area (Å²) in [5, 5.41) is 9.25. The average Bonchev–Trinajstić information content (AvgIpc) is 2.57. The van der Waals surface area contributed by atoms with Crippen molar-refractivity contribution in [2.45, 2.75) is 26.3 Å². The normalized spacial score (nSPS) is 23.5. The SMILES string of the molecule is Cc1ccc(C2C(C(=O)O)CC(=O)N2C)c(C)c1. The van der Waals surface area contributed by atoms with Crippen LogP contribution < -0.4 is 0 Å². The van der Waals surface area contributed by atoms with Gasteiger partial charge in [0.25, 0.3) is 0 Å². The zero-order chi connectivity index (χ0) is 13.4. The van der Waals surface area contributed by atoms with E-state index in [0.29, 0.717) is 0 Å². The van der Waals surface area contributed by atoms with Gasteiger partial charge in [0.2, 0.25) is 5.91 Å². The summed E-state index contributed by atoms with van der Waals surface area (Å²) in [6, 6.07) is 5.55. The lowest BCUT2D eigenvalue weighted by atomic mass is 9.90. The highest BCUT2D eigenvalue weighted by molar-refractivity contribution is 5.87. The number of nitrogens with zero attached hydrogens (tertiary/aromatic N) is 1. The van der Waals surface area contributed by atoms with E-state index >= 15 is 0 Å².